The maximum atomic E-state index is 11.9. The molecule has 8 heteroatoms. The Morgan fingerprint density at radius 3 is 2.88 bits per heavy atom. The summed E-state index contributed by atoms with van der Waals surface area (Å²) in [5.41, 5.74) is 1.25. The molecule has 1 fully saturated rings. The molecule has 1 aromatic carbocycles. The summed E-state index contributed by atoms with van der Waals surface area (Å²) in [4.78, 5) is 0. The van der Waals surface area contributed by atoms with Gasteiger partial charge in [-0.25, -0.2) is 8.42 Å². The zero-order valence-electron chi connectivity index (χ0n) is 13.6. The number of hydrogen-bond acceptors (Lipinski definition) is 6. The second-order valence-electron chi connectivity index (χ2n) is 5.44. The molecule has 1 aliphatic heterocycles. The van der Waals surface area contributed by atoms with Crippen molar-refractivity contribution in [2.24, 2.45) is 0 Å². The predicted octanol–water partition coefficient (Wildman–Crippen LogP) is 1.92. The minimum absolute atomic E-state index is 0.0144. The quantitative estimate of drug-likeness (QED) is 0.790. The fraction of sp³-hybridized carbons (Fsp3) is 0.438. The lowest BCUT2D eigenvalue weighted by Crippen LogP contribution is -2.16. The van der Waals surface area contributed by atoms with Crippen molar-refractivity contribution in [3.05, 3.63) is 30.5 Å². The van der Waals surface area contributed by atoms with Gasteiger partial charge in [0.15, 0.2) is 0 Å². The Labute approximate surface area is 141 Å². The van der Waals surface area contributed by atoms with Crippen LogP contribution in [0.15, 0.2) is 30.5 Å². The first-order valence-corrected chi connectivity index (χ1v) is 9.36. The Bertz CT molecular complexity index is 810. The molecule has 0 bridgehead atoms. The van der Waals surface area contributed by atoms with Crippen LogP contribution in [0, 0.1) is 0 Å². The summed E-state index contributed by atoms with van der Waals surface area (Å²) in [5.74, 6) is 1.25. The smallest absolute Gasteiger partial charge is 0.253 e. The SMILES string of the molecule is CCS(=O)(=O)n1ccc(-c2ccc(OC)cc2O[C@@H]2CCOC2)n1. The van der Waals surface area contributed by atoms with Crippen molar-refractivity contribution in [1.82, 2.24) is 9.19 Å². The van der Waals surface area contributed by atoms with Gasteiger partial charge in [-0.2, -0.15) is 9.19 Å². The molecule has 1 atom stereocenters. The highest BCUT2D eigenvalue weighted by atomic mass is 32.2. The van der Waals surface area contributed by atoms with E-state index < -0.39 is 10.0 Å². The first-order valence-electron chi connectivity index (χ1n) is 7.75. The number of ether oxygens (including phenoxy) is 3. The summed E-state index contributed by atoms with van der Waals surface area (Å²) in [6.45, 7) is 2.79. The van der Waals surface area contributed by atoms with Gasteiger partial charge in [0.2, 0.25) is 0 Å². The highest BCUT2D eigenvalue weighted by Crippen LogP contribution is 2.34. The van der Waals surface area contributed by atoms with Gasteiger partial charge in [0.25, 0.3) is 10.0 Å². The molecule has 0 saturated carbocycles. The molecular weight excluding hydrogens is 332 g/mol. The van der Waals surface area contributed by atoms with Crippen molar-refractivity contribution in [2.75, 3.05) is 26.1 Å². The van der Waals surface area contributed by atoms with Crippen LogP contribution in [-0.4, -0.2) is 49.8 Å². The van der Waals surface area contributed by atoms with Crippen molar-refractivity contribution in [2.45, 2.75) is 19.4 Å². The highest BCUT2D eigenvalue weighted by molar-refractivity contribution is 7.89. The van der Waals surface area contributed by atoms with Crippen LogP contribution in [0.1, 0.15) is 13.3 Å². The molecule has 0 radical (unpaired) electrons. The van der Waals surface area contributed by atoms with E-state index in [0.717, 1.165) is 10.5 Å². The van der Waals surface area contributed by atoms with Crippen molar-refractivity contribution in [3.8, 4) is 22.8 Å². The zero-order chi connectivity index (χ0) is 17.2. The van der Waals surface area contributed by atoms with Crippen LogP contribution in [0.25, 0.3) is 11.3 Å². The number of methoxy groups -OCH3 is 1. The molecule has 0 aliphatic carbocycles. The van der Waals surface area contributed by atoms with Gasteiger partial charge >= 0.3 is 0 Å². The average molecular weight is 352 g/mol. The van der Waals surface area contributed by atoms with Gasteiger partial charge in [0, 0.05) is 24.2 Å². The molecule has 0 N–H and O–H groups in total. The lowest BCUT2D eigenvalue weighted by Gasteiger charge is -2.15. The summed E-state index contributed by atoms with van der Waals surface area (Å²) in [5, 5.41) is 4.19. The second kappa shape index (κ2) is 6.82. The topological polar surface area (TPSA) is 79.7 Å². The van der Waals surface area contributed by atoms with Crippen LogP contribution in [0.4, 0.5) is 0 Å². The molecule has 2 aromatic rings. The first-order chi connectivity index (χ1) is 11.5. The van der Waals surface area contributed by atoms with Crippen LogP contribution in [0.2, 0.25) is 0 Å². The summed E-state index contributed by atoms with van der Waals surface area (Å²) < 4.78 is 41.5. The fourth-order valence-electron chi connectivity index (χ4n) is 2.46. The third kappa shape index (κ3) is 3.39. The highest BCUT2D eigenvalue weighted by Gasteiger charge is 2.21. The molecule has 24 heavy (non-hydrogen) atoms. The summed E-state index contributed by atoms with van der Waals surface area (Å²) in [6.07, 6.45) is 2.23. The van der Waals surface area contributed by atoms with E-state index in [2.05, 4.69) is 5.10 Å². The van der Waals surface area contributed by atoms with Crippen LogP contribution >= 0.6 is 0 Å². The van der Waals surface area contributed by atoms with Crippen molar-refractivity contribution in [3.63, 3.8) is 0 Å². The van der Waals surface area contributed by atoms with E-state index in [1.165, 1.54) is 6.20 Å². The Balaban J connectivity index is 1.97. The maximum absolute atomic E-state index is 11.9. The van der Waals surface area contributed by atoms with Crippen LogP contribution in [-0.2, 0) is 14.8 Å². The predicted molar refractivity (Wildman–Crippen MR) is 88.9 cm³/mol. The van der Waals surface area contributed by atoms with Crippen molar-refractivity contribution in [1.29, 1.82) is 0 Å². The van der Waals surface area contributed by atoms with Crippen molar-refractivity contribution >= 4 is 10.0 Å². The minimum atomic E-state index is -3.41. The number of nitrogens with zero attached hydrogens (tertiary/aromatic N) is 2. The number of aromatic nitrogens is 2. The van der Waals surface area contributed by atoms with Crippen LogP contribution in [0.3, 0.4) is 0 Å². The standard InChI is InChI=1S/C16H20N2O5S/c1-3-24(19,20)18-8-6-15(17-18)14-5-4-12(21-2)10-16(14)23-13-7-9-22-11-13/h4-6,8,10,13H,3,7,9,11H2,1-2H3/t13-/m1/s1. The van der Waals surface area contributed by atoms with E-state index in [9.17, 15) is 8.42 Å². The van der Waals surface area contributed by atoms with Crippen LogP contribution < -0.4 is 9.47 Å². The van der Waals surface area contributed by atoms with Gasteiger partial charge in [-0.15, -0.1) is 0 Å². The van der Waals surface area contributed by atoms with Crippen molar-refractivity contribution < 1.29 is 22.6 Å². The number of rotatable bonds is 6. The van der Waals surface area contributed by atoms with Gasteiger partial charge in [-0.05, 0) is 25.1 Å². The second-order valence-corrected chi connectivity index (χ2v) is 7.55. The normalized spacial score (nSPS) is 17.8. The Hall–Kier alpha value is -2.06. The molecular formula is C16H20N2O5S. The molecule has 0 unspecified atom stereocenters. The fourth-order valence-corrected chi connectivity index (χ4v) is 3.19. The van der Waals surface area contributed by atoms with E-state index in [4.69, 9.17) is 14.2 Å². The maximum Gasteiger partial charge on any atom is 0.253 e. The monoisotopic (exact) mass is 352 g/mol. The lowest BCUT2D eigenvalue weighted by molar-refractivity contribution is 0.141. The first kappa shape index (κ1) is 16.8. The molecule has 1 saturated heterocycles. The van der Waals surface area contributed by atoms with E-state index in [0.29, 0.717) is 36.0 Å². The Kier molecular flexibility index (Phi) is 4.77. The molecule has 1 aromatic heterocycles. The molecule has 1 aliphatic rings. The summed E-state index contributed by atoms with van der Waals surface area (Å²) >= 11 is 0. The van der Waals surface area contributed by atoms with Gasteiger partial charge in [0.05, 0.1) is 31.8 Å². The number of benzene rings is 1. The zero-order valence-corrected chi connectivity index (χ0v) is 14.5. The van der Waals surface area contributed by atoms with Gasteiger partial charge < -0.3 is 14.2 Å². The third-order valence-corrected chi connectivity index (χ3v) is 5.37. The molecule has 0 amide bonds. The van der Waals surface area contributed by atoms with E-state index in [-0.39, 0.29) is 11.9 Å². The van der Waals surface area contributed by atoms with Gasteiger partial charge in [-0.1, -0.05) is 0 Å². The Morgan fingerprint density at radius 1 is 1.38 bits per heavy atom. The average Bonchev–Trinajstić information content (AvgIpc) is 3.26. The molecule has 2 heterocycles. The molecule has 3 rings (SSSR count). The van der Waals surface area contributed by atoms with E-state index in [1.807, 2.05) is 6.07 Å². The summed E-state index contributed by atoms with van der Waals surface area (Å²) in [7, 11) is -1.83. The van der Waals surface area contributed by atoms with Crippen LogP contribution in [0.5, 0.6) is 11.5 Å². The van der Waals surface area contributed by atoms with E-state index >= 15 is 0 Å². The third-order valence-electron chi connectivity index (χ3n) is 3.86. The largest absolute Gasteiger partial charge is 0.497 e. The van der Waals surface area contributed by atoms with E-state index in [1.54, 1.807) is 32.2 Å². The molecule has 0 spiro atoms. The number of hydrogen-bond donors (Lipinski definition) is 0. The van der Waals surface area contributed by atoms with Gasteiger partial charge in [-0.3, -0.25) is 0 Å². The molecule has 130 valence electrons. The van der Waals surface area contributed by atoms with Gasteiger partial charge in [0.1, 0.15) is 17.6 Å². The molecule has 7 nitrogen and oxygen atoms in total. The lowest BCUT2D eigenvalue weighted by atomic mass is 10.1. The summed E-state index contributed by atoms with van der Waals surface area (Å²) in [6, 6.07) is 7.05. The minimum Gasteiger partial charge on any atom is -0.497 e. The Morgan fingerprint density at radius 2 is 2.21 bits per heavy atom.